The molecule has 1 rings (SSSR count). The predicted molar refractivity (Wildman–Crippen MR) is 146 cm³/mol. The fourth-order valence-corrected chi connectivity index (χ4v) is 1.30. The molecule has 30 heavy (non-hydrogen) atoms. The summed E-state index contributed by atoms with van der Waals surface area (Å²) >= 11 is 0. The Labute approximate surface area is 193 Å². The van der Waals surface area contributed by atoms with Gasteiger partial charge < -0.3 is 0 Å². The van der Waals surface area contributed by atoms with Gasteiger partial charge in [0.15, 0.2) is 0 Å². The van der Waals surface area contributed by atoms with Crippen LogP contribution in [0.5, 0.6) is 0 Å². The highest BCUT2D eigenvalue weighted by Gasteiger charge is 1.61. The number of hydrogen-bond acceptors (Lipinski definition) is 0. The molecule has 0 heteroatoms. The number of rotatable bonds is 4. The molecule has 0 unspecified atom stereocenters. The van der Waals surface area contributed by atoms with Crippen LogP contribution in [0.3, 0.4) is 0 Å². The summed E-state index contributed by atoms with van der Waals surface area (Å²) in [5.41, 5.74) is 0. The quantitative estimate of drug-likeness (QED) is 0.338. The molecular formula is C30H56. The summed E-state index contributed by atoms with van der Waals surface area (Å²) in [4.78, 5) is 0. The van der Waals surface area contributed by atoms with Crippen molar-refractivity contribution in [1.82, 2.24) is 0 Å². The van der Waals surface area contributed by atoms with Crippen LogP contribution in [0.15, 0.2) is 60.7 Å². The third-order valence-electron chi connectivity index (χ3n) is 2.42. The Hall–Kier alpha value is -1.74. The van der Waals surface area contributed by atoms with Gasteiger partial charge in [-0.25, -0.2) is 0 Å². The standard InChI is InChI=1S/C6H6.2C6H12.C6H10.2C3H8/c1-2-4-6-5-3-1;3*1-3-5-6-4-2;2*1-3-2/h1-6H;2*5-6H,3-4H2,1-2H3;3-4H2,1-2H3;2*3H2,1-2H3/b;6-5+;6-5-;;;. The Morgan fingerprint density at radius 3 is 0.667 bits per heavy atom. The lowest BCUT2D eigenvalue weighted by atomic mass is 10.4. The Morgan fingerprint density at radius 1 is 0.400 bits per heavy atom. The molecule has 0 aliphatic heterocycles. The first kappa shape index (κ1) is 38.8. The smallest absolute Gasteiger partial charge is 0.00602 e. The predicted octanol–water partition coefficient (Wildman–Crippen LogP) is 11.1. The molecule has 176 valence electrons. The highest BCUT2D eigenvalue weighted by Crippen LogP contribution is 1.82. The van der Waals surface area contributed by atoms with Gasteiger partial charge in [-0.2, -0.15) is 0 Å². The summed E-state index contributed by atoms with van der Waals surface area (Å²) in [5.74, 6) is 5.90. The summed E-state index contributed by atoms with van der Waals surface area (Å²) in [6.07, 6.45) is 17.9. The van der Waals surface area contributed by atoms with Gasteiger partial charge in [-0.1, -0.05) is 143 Å². The van der Waals surface area contributed by atoms with Crippen LogP contribution in [-0.2, 0) is 0 Å². The van der Waals surface area contributed by atoms with Gasteiger partial charge in [0.25, 0.3) is 0 Å². The summed E-state index contributed by atoms with van der Waals surface area (Å²) in [5, 5.41) is 0. The molecule has 1 aromatic rings. The van der Waals surface area contributed by atoms with Crippen LogP contribution in [0, 0.1) is 11.8 Å². The van der Waals surface area contributed by atoms with Crippen molar-refractivity contribution >= 4 is 0 Å². The van der Waals surface area contributed by atoms with Crippen molar-refractivity contribution in [2.45, 2.75) is 121 Å². The van der Waals surface area contributed by atoms with E-state index in [1.165, 1.54) is 38.5 Å². The van der Waals surface area contributed by atoms with E-state index in [0.717, 1.165) is 12.8 Å². The lowest BCUT2D eigenvalue weighted by molar-refractivity contribution is 1.09. The highest BCUT2D eigenvalue weighted by molar-refractivity contribution is 4.99. The van der Waals surface area contributed by atoms with Gasteiger partial charge in [-0.05, 0) is 25.7 Å². The van der Waals surface area contributed by atoms with Crippen LogP contribution in [0.4, 0.5) is 0 Å². The molecule has 0 nitrogen and oxygen atoms in total. The van der Waals surface area contributed by atoms with Crippen LogP contribution in [-0.4, -0.2) is 0 Å². The molecule has 0 saturated heterocycles. The lowest BCUT2D eigenvalue weighted by Gasteiger charge is -1.72. The van der Waals surface area contributed by atoms with Gasteiger partial charge in [0.1, 0.15) is 0 Å². The van der Waals surface area contributed by atoms with Crippen LogP contribution >= 0.6 is 0 Å². The lowest BCUT2D eigenvalue weighted by Crippen LogP contribution is -1.52. The SMILES string of the molecule is CC/C=C/CC.CC/C=C\CC.CCC.CCC.CCC#CCC.c1ccccc1. The first-order valence-electron chi connectivity index (χ1n) is 12.3. The monoisotopic (exact) mass is 416 g/mol. The summed E-state index contributed by atoms with van der Waals surface area (Å²) < 4.78 is 0. The van der Waals surface area contributed by atoms with Crippen LogP contribution < -0.4 is 0 Å². The zero-order valence-electron chi connectivity index (χ0n) is 22.4. The Bertz CT molecular complexity index is 352. The normalized spacial score (nSPS) is 8.20. The van der Waals surface area contributed by atoms with Gasteiger partial charge in [-0.3, -0.25) is 0 Å². The van der Waals surface area contributed by atoms with Crippen molar-refractivity contribution in [3.05, 3.63) is 60.7 Å². The zero-order valence-corrected chi connectivity index (χ0v) is 22.4. The average Bonchev–Trinajstić information content (AvgIpc) is 2.78. The van der Waals surface area contributed by atoms with Crippen molar-refractivity contribution in [3.63, 3.8) is 0 Å². The molecule has 0 saturated carbocycles. The van der Waals surface area contributed by atoms with Crippen LogP contribution in [0.25, 0.3) is 0 Å². The van der Waals surface area contributed by atoms with E-state index in [4.69, 9.17) is 0 Å². The molecule has 0 aliphatic rings. The molecule has 0 aliphatic carbocycles. The molecule has 0 radical (unpaired) electrons. The molecule has 0 aromatic heterocycles. The van der Waals surface area contributed by atoms with E-state index in [0.29, 0.717) is 0 Å². The van der Waals surface area contributed by atoms with Gasteiger partial charge in [0.05, 0.1) is 0 Å². The van der Waals surface area contributed by atoms with E-state index < -0.39 is 0 Å². The highest BCUT2D eigenvalue weighted by atomic mass is 13.7. The van der Waals surface area contributed by atoms with Crippen LogP contribution in [0.1, 0.15) is 121 Å². The third-order valence-corrected chi connectivity index (χ3v) is 2.42. The Balaban J connectivity index is -0.0000000853. The molecule has 0 heterocycles. The fourth-order valence-electron chi connectivity index (χ4n) is 1.30. The molecule has 0 fully saturated rings. The molecule has 0 atom stereocenters. The molecule has 0 spiro atoms. The van der Waals surface area contributed by atoms with Gasteiger partial charge >= 0.3 is 0 Å². The second-order valence-corrected chi connectivity index (χ2v) is 6.21. The number of allylic oxidation sites excluding steroid dienone is 4. The molecule has 0 amide bonds. The first-order valence-corrected chi connectivity index (χ1v) is 12.3. The van der Waals surface area contributed by atoms with E-state index >= 15 is 0 Å². The largest absolute Gasteiger partial charge is 0.104 e. The van der Waals surface area contributed by atoms with E-state index in [1.54, 1.807) is 0 Å². The first-order chi connectivity index (χ1) is 14.6. The van der Waals surface area contributed by atoms with Crippen molar-refractivity contribution in [3.8, 4) is 11.8 Å². The summed E-state index contributed by atoms with van der Waals surface area (Å²) in [6, 6.07) is 12.0. The maximum absolute atomic E-state index is 2.95. The van der Waals surface area contributed by atoms with Crippen molar-refractivity contribution in [1.29, 1.82) is 0 Å². The molecule has 1 aromatic carbocycles. The van der Waals surface area contributed by atoms with Crippen molar-refractivity contribution in [2.75, 3.05) is 0 Å². The fraction of sp³-hybridized carbons (Fsp3) is 0.600. The Morgan fingerprint density at radius 2 is 0.567 bits per heavy atom. The molecular weight excluding hydrogens is 360 g/mol. The van der Waals surface area contributed by atoms with Crippen molar-refractivity contribution < 1.29 is 0 Å². The number of hydrogen-bond donors (Lipinski definition) is 0. The van der Waals surface area contributed by atoms with Gasteiger partial charge in [0, 0.05) is 12.8 Å². The van der Waals surface area contributed by atoms with Crippen LogP contribution in [0.2, 0.25) is 0 Å². The van der Waals surface area contributed by atoms with E-state index in [1.807, 2.05) is 36.4 Å². The minimum Gasteiger partial charge on any atom is -0.104 e. The van der Waals surface area contributed by atoms with E-state index in [2.05, 4.69) is 105 Å². The minimum absolute atomic E-state index is 0.994. The summed E-state index contributed by atoms with van der Waals surface area (Å²) in [6.45, 7) is 21.2. The topological polar surface area (TPSA) is 0 Å². The zero-order chi connectivity index (χ0) is 24.1. The van der Waals surface area contributed by atoms with E-state index in [-0.39, 0.29) is 0 Å². The second-order valence-electron chi connectivity index (χ2n) is 6.21. The third kappa shape index (κ3) is 95.3. The number of benzene rings is 1. The van der Waals surface area contributed by atoms with E-state index in [9.17, 15) is 0 Å². The minimum atomic E-state index is 0.994. The molecule has 0 bridgehead atoms. The average molecular weight is 417 g/mol. The maximum Gasteiger partial charge on any atom is 0.00602 e. The second kappa shape index (κ2) is 56.4. The maximum atomic E-state index is 2.95. The Kier molecular flexibility index (Phi) is 72.9. The van der Waals surface area contributed by atoms with Gasteiger partial charge in [-0.15, -0.1) is 11.8 Å². The van der Waals surface area contributed by atoms with Gasteiger partial charge in [0.2, 0.25) is 0 Å². The summed E-state index contributed by atoms with van der Waals surface area (Å²) in [7, 11) is 0. The molecule has 0 N–H and O–H groups in total. The van der Waals surface area contributed by atoms with Crippen molar-refractivity contribution in [2.24, 2.45) is 0 Å².